The van der Waals surface area contributed by atoms with Crippen LogP contribution in [0.15, 0.2) is 12.2 Å². The molecule has 12 nitrogen and oxygen atoms in total. The highest BCUT2D eigenvalue weighted by Crippen LogP contribution is 2.26. The van der Waals surface area contributed by atoms with Gasteiger partial charge in [0.1, 0.15) is 24.4 Å². The Morgan fingerprint density at radius 1 is 0.520 bits per heavy atom. The first-order valence-electron chi connectivity index (χ1n) is 32.1. The second-order valence-electron chi connectivity index (χ2n) is 22.7. The maximum absolute atomic E-state index is 13.1. The van der Waals surface area contributed by atoms with E-state index in [9.17, 15) is 38.2 Å². The van der Waals surface area contributed by atoms with Crippen molar-refractivity contribution in [3.8, 4) is 0 Å². The molecule has 1 fully saturated rings. The lowest BCUT2D eigenvalue weighted by atomic mass is 9.99. The summed E-state index contributed by atoms with van der Waals surface area (Å²) in [5.74, 6) is -0.256. The van der Waals surface area contributed by atoms with Crippen molar-refractivity contribution in [2.75, 3.05) is 13.2 Å². The Morgan fingerprint density at radius 2 is 0.840 bits per heavy atom. The first-order valence-corrected chi connectivity index (χ1v) is 33.4. The van der Waals surface area contributed by atoms with Crippen molar-refractivity contribution >= 4 is 16.3 Å². The van der Waals surface area contributed by atoms with Crippen LogP contribution in [-0.4, -0.2) is 95.4 Å². The van der Waals surface area contributed by atoms with E-state index in [2.05, 4.69) is 23.3 Å². The Bertz CT molecular complexity index is 1370. The molecule has 7 unspecified atom stereocenters. The number of unbranched alkanes of at least 4 members (excludes halogenated alkanes) is 45. The average molecular weight is 1090 g/mol. The van der Waals surface area contributed by atoms with Gasteiger partial charge in [-0.2, -0.15) is 8.42 Å². The van der Waals surface area contributed by atoms with Crippen molar-refractivity contribution in [3.63, 3.8) is 0 Å². The summed E-state index contributed by atoms with van der Waals surface area (Å²) in [7, 11) is -5.09. The zero-order valence-corrected chi connectivity index (χ0v) is 49.5. The molecule has 1 amide bonds. The van der Waals surface area contributed by atoms with E-state index in [1.807, 2.05) is 6.08 Å². The molecule has 1 aliphatic rings. The fourth-order valence-corrected chi connectivity index (χ4v) is 11.1. The van der Waals surface area contributed by atoms with Crippen LogP contribution in [0.3, 0.4) is 0 Å². The minimum absolute atomic E-state index is 0.256. The van der Waals surface area contributed by atoms with E-state index in [0.29, 0.717) is 6.42 Å². The van der Waals surface area contributed by atoms with Crippen LogP contribution in [0.4, 0.5) is 0 Å². The Hall–Kier alpha value is -1.16. The second-order valence-corrected chi connectivity index (χ2v) is 23.8. The molecule has 1 aliphatic heterocycles. The third kappa shape index (κ3) is 44.3. The summed E-state index contributed by atoms with van der Waals surface area (Å²) in [4.78, 5) is 13.1. The summed E-state index contributed by atoms with van der Waals surface area (Å²) in [6, 6.07) is -0.940. The van der Waals surface area contributed by atoms with Crippen molar-refractivity contribution in [1.29, 1.82) is 0 Å². The molecule has 1 heterocycles. The predicted molar refractivity (Wildman–Crippen MR) is 310 cm³/mol. The van der Waals surface area contributed by atoms with Gasteiger partial charge in [-0.3, -0.25) is 9.35 Å². The molecule has 0 spiro atoms. The number of amides is 1. The normalized spacial score (nSPS) is 19.1. The molecule has 1 rings (SSSR count). The van der Waals surface area contributed by atoms with Gasteiger partial charge in [-0.15, -0.1) is 0 Å². The van der Waals surface area contributed by atoms with Gasteiger partial charge in [0.25, 0.3) is 0 Å². The SMILES string of the molecule is CCCCCCCCCCCCC/C=C/C(O)C(COC1OC(CO)C(O)C(OS(=O)(=O)O)C1O)NC(=O)CCCCCCCCCCCCCCCCCCCCCCCCCCCCCCCCCCCCC. The van der Waals surface area contributed by atoms with Gasteiger partial charge in [-0.25, -0.2) is 4.18 Å². The minimum atomic E-state index is -5.09. The smallest absolute Gasteiger partial charge is 0.394 e. The van der Waals surface area contributed by atoms with E-state index in [1.54, 1.807) is 6.08 Å². The maximum Gasteiger partial charge on any atom is 0.397 e. The first kappa shape index (κ1) is 71.9. The van der Waals surface area contributed by atoms with Crippen molar-refractivity contribution in [2.45, 2.75) is 365 Å². The van der Waals surface area contributed by atoms with E-state index >= 15 is 0 Å². The van der Waals surface area contributed by atoms with Gasteiger partial charge in [0, 0.05) is 6.42 Å². The number of aliphatic hydroxyl groups is 4. The number of hydrogen-bond acceptors (Lipinski definition) is 10. The van der Waals surface area contributed by atoms with Crippen LogP contribution in [0.25, 0.3) is 0 Å². The number of rotatable bonds is 57. The molecule has 0 bridgehead atoms. The molecule has 0 aromatic heterocycles. The minimum Gasteiger partial charge on any atom is -0.394 e. The van der Waals surface area contributed by atoms with Gasteiger partial charge in [-0.05, 0) is 19.3 Å². The molecule has 75 heavy (non-hydrogen) atoms. The summed E-state index contributed by atoms with van der Waals surface area (Å²) in [5.41, 5.74) is 0. The molecule has 0 aromatic carbocycles. The van der Waals surface area contributed by atoms with Crippen LogP contribution >= 0.6 is 0 Å². The molecular formula is C62H121NO11S. The lowest BCUT2D eigenvalue weighted by molar-refractivity contribution is -0.298. The molecule has 6 N–H and O–H groups in total. The van der Waals surface area contributed by atoms with E-state index in [0.717, 1.165) is 38.5 Å². The van der Waals surface area contributed by atoms with Gasteiger partial charge in [0.05, 0.1) is 25.4 Å². The fraction of sp³-hybridized carbons (Fsp3) is 0.952. The van der Waals surface area contributed by atoms with Crippen molar-refractivity contribution in [1.82, 2.24) is 5.32 Å². The topological polar surface area (TPSA) is 192 Å². The molecule has 0 radical (unpaired) electrons. The lowest BCUT2D eigenvalue weighted by Gasteiger charge is -2.41. The third-order valence-electron chi connectivity index (χ3n) is 15.6. The molecule has 7 atom stereocenters. The fourth-order valence-electron chi connectivity index (χ4n) is 10.6. The summed E-state index contributed by atoms with van der Waals surface area (Å²) in [5, 5.41) is 44.9. The highest BCUT2D eigenvalue weighted by atomic mass is 32.3. The summed E-state index contributed by atoms with van der Waals surface area (Å²) < 4.78 is 47.8. The highest BCUT2D eigenvalue weighted by Gasteiger charge is 2.48. The lowest BCUT2D eigenvalue weighted by Crippen LogP contribution is -2.61. The summed E-state index contributed by atoms with van der Waals surface area (Å²) in [6.07, 6.45) is 55.9. The van der Waals surface area contributed by atoms with Gasteiger partial charge in [0.15, 0.2) is 6.29 Å². The Labute approximate surface area is 461 Å². The molecule has 0 saturated carbocycles. The zero-order valence-electron chi connectivity index (χ0n) is 48.6. The number of carbonyl (C=O) groups is 1. The van der Waals surface area contributed by atoms with Gasteiger partial charge >= 0.3 is 10.4 Å². The molecule has 446 valence electrons. The van der Waals surface area contributed by atoms with Gasteiger partial charge < -0.3 is 35.2 Å². The van der Waals surface area contributed by atoms with E-state index in [-0.39, 0.29) is 18.9 Å². The summed E-state index contributed by atoms with van der Waals surface area (Å²) in [6.45, 7) is 3.43. The van der Waals surface area contributed by atoms with E-state index in [1.165, 1.54) is 257 Å². The molecular weight excluding hydrogens is 967 g/mol. The Balaban J connectivity index is 2.16. The van der Waals surface area contributed by atoms with Gasteiger partial charge in [0.2, 0.25) is 5.91 Å². The van der Waals surface area contributed by atoms with Crippen LogP contribution < -0.4 is 5.32 Å². The van der Waals surface area contributed by atoms with Crippen LogP contribution in [-0.2, 0) is 28.9 Å². The van der Waals surface area contributed by atoms with Crippen LogP contribution in [0.2, 0.25) is 0 Å². The largest absolute Gasteiger partial charge is 0.397 e. The highest BCUT2D eigenvalue weighted by molar-refractivity contribution is 7.80. The number of aliphatic hydroxyl groups excluding tert-OH is 4. The van der Waals surface area contributed by atoms with E-state index in [4.69, 9.17) is 9.47 Å². The summed E-state index contributed by atoms with van der Waals surface area (Å²) >= 11 is 0. The molecule has 1 saturated heterocycles. The number of hydrogen-bond donors (Lipinski definition) is 6. The first-order chi connectivity index (χ1) is 36.5. The van der Waals surface area contributed by atoms with Crippen LogP contribution in [0, 0.1) is 0 Å². The van der Waals surface area contributed by atoms with Crippen LogP contribution in [0.5, 0.6) is 0 Å². The standard InChI is InChI=1S/C62H121NO11S/c1-3-5-7-9-11-13-15-17-18-19-20-21-22-23-24-25-26-27-28-29-30-31-32-33-34-35-36-37-38-40-42-44-46-48-50-52-58(66)63-55(56(65)51-49-47-45-43-41-39-16-14-12-10-8-6-4-2)54-72-62-60(68)61(74-75(69,70)71)59(67)57(53-64)73-62/h49,51,55-57,59-62,64-65,67-68H,3-48,50,52-54H2,1-2H3,(H,63,66)(H,69,70,71)/b51-49+. The monoisotopic (exact) mass is 1090 g/mol. The maximum atomic E-state index is 13.1. The van der Waals surface area contributed by atoms with Crippen molar-refractivity contribution in [3.05, 3.63) is 12.2 Å². The Kier molecular flexibility index (Phi) is 50.0. The molecule has 0 aromatic rings. The Morgan fingerprint density at radius 3 is 1.16 bits per heavy atom. The second kappa shape index (κ2) is 52.2. The predicted octanol–water partition coefficient (Wildman–Crippen LogP) is 15.8. The average Bonchev–Trinajstić information content (AvgIpc) is 3.39. The molecule has 13 heteroatoms. The number of carbonyl (C=O) groups excluding carboxylic acids is 1. The third-order valence-corrected chi connectivity index (χ3v) is 16.0. The van der Waals surface area contributed by atoms with Crippen molar-refractivity contribution in [2.24, 2.45) is 0 Å². The quantitative estimate of drug-likeness (QED) is 0.0193. The van der Waals surface area contributed by atoms with Crippen molar-refractivity contribution < 1.29 is 51.8 Å². The zero-order chi connectivity index (χ0) is 54.7. The number of ether oxygens (including phenoxy) is 2. The van der Waals surface area contributed by atoms with Crippen LogP contribution in [0.1, 0.15) is 322 Å². The number of nitrogens with one attached hydrogen (secondary N) is 1. The molecule has 0 aliphatic carbocycles. The van der Waals surface area contributed by atoms with E-state index < -0.39 is 59.9 Å². The van der Waals surface area contributed by atoms with Gasteiger partial charge in [-0.1, -0.05) is 309 Å². The number of allylic oxidation sites excluding steroid dienone is 1.